The summed E-state index contributed by atoms with van der Waals surface area (Å²) in [5, 5.41) is 2.86. The zero-order valence-corrected chi connectivity index (χ0v) is 12.4. The molecule has 0 radical (unpaired) electrons. The molecule has 2 rings (SSSR count). The molecule has 0 unspecified atom stereocenters. The zero-order chi connectivity index (χ0) is 13.7. The van der Waals surface area contributed by atoms with Gasteiger partial charge in [0.1, 0.15) is 0 Å². The number of piperidine rings is 1. The zero-order valence-electron chi connectivity index (χ0n) is 11.5. The first-order valence-electron chi connectivity index (χ1n) is 7.31. The van der Waals surface area contributed by atoms with Crippen LogP contribution in [0.25, 0.3) is 0 Å². The SMILES string of the molecule is O=C(CC1(CS)CC1)NCCC(=O)N1CCCCC1. The summed E-state index contributed by atoms with van der Waals surface area (Å²) in [6, 6.07) is 0. The quantitative estimate of drug-likeness (QED) is 0.728. The minimum Gasteiger partial charge on any atom is -0.356 e. The van der Waals surface area contributed by atoms with Crippen molar-refractivity contribution < 1.29 is 9.59 Å². The Kier molecular flexibility index (Phi) is 5.13. The fourth-order valence-electron chi connectivity index (χ4n) is 2.58. The lowest BCUT2D eigenvalue weighted by molar-refractivity contribution is -0.132. The van der Waals surface area contributed by atoms with Crippen molar-refractivity contribution in [3.63, 3.8) is 0 Å². The lowest BCUT2D eigenvalue weighted by Gasteiger charge is -2.26. The summed E-state index contributed by atoms with van der Waals surface area (Å²) in [6.07, 6.45) is 6.67. The van der Waals surface area contributed by atoms with Crippen molar-refractivity contribution in [2.45, 2.75) is 44.9 Å². The van der Waals surface area contributed by atoms with Gasteiger partial charge in [-0.3, -0.25) is 9.59 Å². The minimum absolute atomic E-state index is 0.0676. The van der Waals surface area contributed by atoms with Crippen LogP contribution < -0.4 is 5.32 Å². The van der Waals surface area contributed by atoms with Crippen LogP contribution in [0.5, 0.6) is 0 Å². The van der Waals surface area contributed by atoms with Gasteiger partial charge < -0.3 is 10.2 Å². The molecule has 0 aromatic carbocycles. The molecule has 1 saturated heterocycles. The number of hydrogen-bond acceptors (Lipinski definition) is 3. The lowest BCUT2D eigenvalue weighted by atomic mass is 10.1. The molecule has 0 atom stereocenters. The number of carbonyl (C=O) groups is 2. The molecule has 2 fully saturated rings. The largest absolute Gasteiger partial charge is 0.356 e. The maximum absolute atomic E-state index is 11.9. The van der Waals surface area contributed by atoms with Crippen molar-refractivity contribution in [1.29, 1.82) is 0 Å². The number of likely N-dealkylation sites (tertiary alicyclic amines) is 1. The Bertz CT molecular complexity index is 336. The Morgan fingerprint density at radius 2 is 1.84 bits per heavy atom. The van der Waals surface area contributed by atoms with E-state index in [1.54, 1.807) is 0 Å². The van der Waals surface area contributed by atoms with E-state index in [2.05, 4.69) is 17.9 Å². The highest BCUT2D eigenvalue weighted by atomic mass is 32.1. The van der Waals surface area contributed by atoms with Crippen molar-refractivity contribution in [2.24, 2.45) is 5.41 Å². The van der Waals surface area contributed by atoms with Gasteiger partial charge in [0.25, 0.3) is 0 Å². The lowest BCUT2D eigenvalue weighted by Crippen LogP contribution is -2.38. The van der Waals surface area contributed by atoms with E-state index < -0.39 is 0 Å². The molecule has 108 valence electrons. The third-order valence-corrected chi connectivity index (χ3v) is 4.87. The number of rotatable bonds is 6. The van der Waals surface area contributed by atoms with E-state index >= 15 is 0 Å². The summed E-state index contributed by atoms with van der Waals surface area (Å²) in [7, 11) is 0. The Morgan fingerprint density at radius 1 is 1.16 bits per heavy atom. The predicted molar refractivity (Wildman–Crippen MR) is 78.2 cm³/mol. The van der Waals surface area contributed by atoms with Gasteiger partial charge in [0, 0.05) is 32.5 Å². The summed E-state index contributed by atoms with van der Waals surface area (Å²) >= 11 is 4.29. The van der Waals surface area contributed by atoms with Crippen LogP contribution in [0.4, 0.5) is 0 Å². The van der Waals surface area contributed by atoms with Crippen LogP contribution in [0.3, 0.4) is 0 Å². The van der Waals surface area contributed by atoms with E-state index in [0.29, 0.717) is 19.4 Å². The van der Waals surface area contributed by atoms with Gasteiger partial charge in [-0.15, -0.1) is 0 Å². The van der Waals surface area contributed by atoms with E-state index in [4.69, 9.17) is 0 Å². The Hall–Kier alpha value is -0.710. The average molecular weight is 284 g/mol. The number of amides is 2. The molecule has 4 nitrogen and oxygen atoms in total. The Morgan fingerprint density at radius 3 is 2.42 bits per heavy atom. The Balaban J connectivity index is 1.60. The van der Waals surface area contributed by atoms with Gasteiger partial charge >= 0.3 is 0 Å². The van der Waals surface area contributed by atoms with Crippen LogP contribution in [0, 0.1) is 5.41 Å². The summed E-state index contributed by atoms with van der Waals surface area (Å²) in [6.45, 7) is 2.24. The molecule has 0 bridgehead atoms. The number of thiol groups is 1. The molecular weight excluding hydrogens is 260 g/mol. The van der Waals surface area contributed by atoms with Crippen LogP contribution in [0.1, 0.15) is 44.9 Å². The molecule has 1 aliphatic carbocycles. The van der Waals surface area contributed by atoms with Gasteiger partial charge in [0.15, 0.2) is 0 Å². The van der Waals surface area contributed by atoms with E-state index in [-0.39, 0.29) is 17.2 Å². The van der Waals surface area contributed by atoms with Crippen LogP contribution in [-0.4, -0.2) is 42.1 Å². The van der Waals surface area contributed by atoms with E-state index in [1.165, 1.54) is 6.42 Å². The van der Waals surface area contributed by atoms with Gasteiger partial charge in [0.05, 0.1) is 0 Å². The fourth-order valence-corrected chi connectivity index (χ4v) is 3.01. The summed E-state index contributed by atoms with van der Waals surface area (Å²) in [5.41, 5.74) is 0.157. The molecule has 1 heterocycles. The van der Waals surface area contributed by atoms with Crippen molar-refractivity contribution in [1.82, 2.24) is 10.2 Å². The van der Waals surface area contributed by atoms with Gasteiger partial charge in [-0.05, 0) is 43.3 Å². The molecule has 2 aliphatic rings. The van der Waals surface area contributed by atoms with E-state index in [0.717, 1.165) is 44.5 Å². The molecule has 1 N–H and O–H groups in total. The van der Waals surface area contributed by atoms with Crippen LogP contribution >= 0.6 is 12.6 Å². The maximum Gasteiger partial charge on any atom is 0.224 e. The predicted octanol–water partition coefficient (Wildman–Crippen LogP) is 1.61. The Labute approximate surface area is 120 Å². The summed E-state index contributed by atoms with van der Waals surface area (Å²) in [5.74, 6) is 1.03. The topological polar surface area (TPSA) is 49.4 Å². The highest BCUT2D eigenvalue weighted by Gasteiger charge is 2.42. The van der Waals surface area contributed by atoms with Crippen molar-refractivity contribution in [2.75, 3.05) is 25.4 Å². The van der Waals surface area contributed by atoms with Crippen molar-refractivity contribution in [3.8, 4) is 0 Å². The molecule has 5 heteroatoms. The normalized spacial score (nSPS) is 21.0. The van der Waals surface area contributed by atoms with Crippen molar-refractivity contribution in [3.05, 3.63) is 0 Å². The van der Waals surface area contributed by atoms with Gasteiger partial charge in [0.2, 0.25) is 11.8 Å². The highest BCUT2D eigenvalue weighted by Crippen LogP contribution is 2.49. The smallest absolute Gasteiger partial charge is 0.224 e. The second-order valence-corrected chi connectivity index (χ2v) is 6.19. The standard InChI is InChI=1S/C14H24N2O2S/c17-12(10-14(11-19)5-6-14)15-7-4-13(18)16-8-2-1-3-9-16/h19H,1-11H2,(H,15,17). The molecular formula is C14H24N2O2S. The first-order valence-corrected chi connectivity index (χ1v) is 7.94. The first kappa shape index (κ1) is 14.7. The monoisotopic (exact) mass is 284 g/mol. The summed E-state index contributed by atoms with van der Waals surface area (Å²) in [4.78, 5) is 25.6. The third-order valence-electron chi connectivity index (χ3n) is 4.20. The van der Waals surface area contributed by atoms with Crippen LogP contribution in [-0.2, 0) is 9.59 Å². The van der Waals surface area contributed by atoms with Crippen molar-refractivity contribution >= 4 is 24.4 Å². The van der Waals surface area contributed by atoms with E-state index in [9.17, 15) is 9.59 Å². The van der Waals surface area contributed by atoms with Crippen LogP contribution in [0.2, 0.25) is 0 Å². The average Bonchev–Trinajstić information content (AvgIpc) is 3.20. The van der Waals surface area contributed by atoms with Gasteiger partial charge in [-0.2, -0.15) is 12.6 Å². The van der Waals surface area contributed by atoms with Gasteiger partial charge in [-0.1, -0.05) is 0 Å². The second kappa shape index (κ2) is 6.64. The first-order chi connectivity index (χ1) is 9.15. The molecule has 0 aromatic heterocycles. The minimum atomic E-state index is 0.0676. The third kappa shape index (κ3) is 4.41. The van der Waals surface area contributed by atoms with E-state index in [1.807, 2.05) is 4.90 Å². The molecule has 2 amide bonds. The number of nitrogens with zero attached hydrogens (tertiary/aromatic N) is 1. The number of nitrogens with one attached hydrogen (secondary N) is 1. The molecule has 0 spiro atoms. The number of hydrogen-bond donors (Lipinski definition) is 2. The summed E-state index contributed by atoms with van der Waals surface area (Å²) < 4.78 is 0. The van der Waals surface area contributed by atoms with Crippen LogP contribution in [0.15, 0.2) is 0 Å². The fraction of sp³-hybridized carbons (Fsp3) is 0.857. The maximum atomic E-state index is 11.9. The molecule has 19 heavy (non-hydrogen) atoms. The molecule has 1 saturated carbocycles. The van der Waals surface area contributed by atoms with Gasteiger partial charge in [-0.25, -0.2) is 0 Å². The highest BCUT2D eigenvalue weighted by molar-refractivity contribution is 7.80. The molecule has 0 aromatic rings. The second-order valence-electron chi connectivity index (χ2n) is 5.88. The number of carbonyl (C=O) groups excluding carboxylic acids is 2. The molecule has 1 aliphatic heterocycles.